The molecule has 3 rings (SSSR count). The maximum atomic E-state index is 10.2. The molecule has 0 amide bonds. The highest BCUT2D eigenvalue weighted by atomic mass is 32.2. The van der Waals surface area contributed by atoms with Gasteiger partial charge in [-0.2, -0.15) is 0 Å². The molecular weight excluding hydrogens is 320 g/mol. The van der Waals surface area contributed by atoms with E-state index in [1.807, 2.05) is 50.2 Å². The number of hydrogen-bond donors (Lipinski definition) is 1. The average molecular weight is 340 g/mol. The van der Waals surface area contributed by atoms with Crippen molar-refractivity contribution in [1.82, 2.24) is 9.97 Å². The first kappa shape index (κ1) is 16.7. The lowest BCUT2D eigenvalue weighted by Crippen LogP contribution is -2.20. The summed E-state index contributed by atoms with van der Waals surface area (Å²) in [6, 6.07) is 13.9. The van der Waals surface area contributed by atoms with Gasteiger partial charge in [-0.05, 0) is 43.2 Å². The van der Waals surface area contributed by atoms with Crippen LogP contribution in [0.4, 0.5) is 0 Å². The summed E-state index contributed by atoms with van der Waals surface area (Å²) in [6.07, 6.45) is 0.993. The van der Waals surface area contributed by atoms with Gasteiger partial charge in [0, 0.05) is 11.1 Å². The third-order valence-corrected chi connectivity index (χ3v) is 4.71. The molecule has 4 nitrogen and oxygen atoms in total. The first-order valence-corrected chi connectivity index (χ1v) is 8.82. The molecule has 5 heteroatoms. The Hall–Kier alpha value is -2.11. The summed E-state index contributed by atoms with van der Waals surface area (Å²) in [4.78, 5) is 8.57. The number of hydrogen-bond acceptors (Lipinski definition) is 5. The number of benzene rings is 2. The van der Waals surface area contributed by atoms with Crippen LogP contribution in [-0.4, -0.2) is 33.5 Å². The SMILES string of the molecule is Cc1cc(C)cc(OC[C@H](O)CSc2ncnc3ccccc23)c1. The van der Waals surface area contributed by atoms with Gasteiger partial charge in [-0.1, -0.05) is 24.3 Å². The van der Waals surface area contributed by atoms with E-state index in [1.54, 1.807) is 6.33 Å². The van der Waals surface area contributed by atoms with E-state index in [0.717, 1.165) is 32.8 Å². The van der Waals surface area contributed by atoms with Gasteiger partial charge in [0.15, 0.2) is 0 Å². The molecule has 1 N–H and O–H groups in total. The van der Waals surface area contributed by atoms with Crippen LogP contribution >= 0.6 is 11.8 Å². The van der Waals surface area contributed by atoms with Gasteiger partial charge in [-0.25, -0.2) is 9.97 Å². The Labute approximate surface area is 145 Å². The highest BCUT2D eigenvalue weighted by Crippen LogP contribution is 2.25. The van der Waals surface area contributed by atoms with E-state index in [0.29, 0.717) is 5.75 Å². The van der Waals surface area contributed by atoms with Gasteiger partial charge in [-0.3, -0.25) is 0 Å². The minimum atomic E-state index is -0.565. The predicted octanol–water partition coefficient (Wildman–Crippen LogP) is 3.78. The number of aryl methyl sites for hydroxylation is 2. The molecule has 2 aromatic carbocycles. The average Bonchev–Trinajstić information content (AvgIpc) is 2.57. The van der Waals surface area contributed by atoms with Gasteiger partial charge in [0.1, 0.15) is 23.7 Å². The molecule has 124 valence electrons. The summed E-state index contributed by atoms with van der Waals surface area (Å²) < 4.78 is 5.71. The van der Waals surface area contributed by atoms with Crippen molar-refractivity contribution in [3.05, 3.63) is 59.9 Å². The van der Waals surface area contributed by atoms with Gasteiger partial charge in [-0.15, -0.1) is 11.8 Å². The van der Waals surface area contributed by atoms with Crippen molar-refractivity contribution in [1.29, 1.82) is 0 Å². The molecule has 0 saturated heterocycles. The summed E-state index contributed by atoms with van der Waals surface area (Å²) in [5, 5.41) is 12.1. The molecule has 0 aliphatic heterocycles. The molecule has 0 unspecified atom stereocenters. The van der Waals surface area contributed by atoms with Crippen molar-refractivity contribution in [2.75, 3.05) is 12.4 Å². The molecule has 0 radical (unpaired) electrons. The Kier molecular flexibility index (Phi) is 5.33. The van der Waals surface area contributed by atoms with Crippen molar-refractivity contribution in [3.63, 3.8) is 0 Å². The fourth-order valence-corrected chi connectivity index (χ4v) is 3.42. The number of ether oxygens (including phenoxy) is 1. The molecule has 1 heterocycles. The van der Waals surface area contributed by atoms with Crippen LogP contribution in [0.5, 0.6) is 5.75 Å². The number of fused-ring (bicyclic) bond motifs is 1. The van der Waals surface area contributed by atoms with Crippen molar-refractivity contribution >= 4 is 22.7 Å². The van der Waals surface area contributed by atoms with E-state index in [-0.39, 0.29) is 6.61 Å². The van der Waals surface area contributed by atoms with Gasteiger partial charge in [0.05, 0.1) is 11.6 Å². The quantitative estimate of drug-likeness (QED) is 0.547. The summed E-state index contributed by atoms with van der Waals surface area (Å²) >= 11 is 1.52. The summed E-state index contributed by atoms with van der Waals surface area (Å²) in [5.74, 6) is 1.32. The number of aliphatic hydroxyl groups is 1. The smallest absolute Gasteiger partial charge is 0.119 e. The third kappa shape index (κ3) is 4.24. The lowest BCUT2D eigenvalue weighted by molar-refractivity contribution is 0.126. The lowest BCUT2D eigenvalue weighted by atomic mass is 10.1. The highest BCUT2D eigenvalue weighted by molar-refractivity contribution is 7.99. The van der Waals surface area contributed by atoms with Crippen LogP contribution in [-0.2, 0) is 0 Å². The summed E-state index contributed by atoms with van der Waals surface area (Å²) in [7, 11) is 0. The minimum Gasteiger partial charge on any atom is -0.491 e. The van der Waals surface area contributed by atoms with Crippen molar-refractivity contribution in [2.24, 2.45) is 0 Å². The largest absolute Gasteiger partial charge is 0.491 e. The number of nitrogens with zero attached hydrogens (tertiary/aromatic N) is 2. The van der Waals surface area contributed by atoms with Crippen LogP contribution in [0, 0.1) is 13.8 Å². The van der Waals surface area contributed by atoms with E-state index in [2.05, 4.69) is 16.0 Å². The Bertz CT molecular complexity index is 813. The molecule has 3 aromatic rings. The van der Waals surface area contributed by atoms with Gasteiger partial charge < -0.3 is 9.84 Å². The van der Waals surface area contributed by atoms with Crippen LogP contribution in [0.15, 0.2) is 53.8 Å². The van der Waals surface area contributed by atoms with E-state index in [4.69, 9.17) is 4.74 Å². The number of aromatic nitrogens is 2. The number of aliphatic hydroxyl groups excluding tert-OH is 1. The second-order valence-electron chi connectivity index (χ2n) is 5.80. The van der Waals surface area contributed by atoms with Gasteiger partial charge in [0.2, 0.25) is 0 Å². The minimum absolute atomic E-state index is 0.263. The van der Waals surface area contributed by atoms with E-state index in [1.165, 1.54) is 11.8 Å². The fraction of sp³-hybridized carbons (Fsp3) is 0.263. The Balaban J connectivity index is 1.58. The van der Waals surface area contributed by atoms with Crippen molar-refractivity contribution < 1.29 is 9.84 Å². The van der Waals surface area contributed by atoms with E-state index < -0.39 is 6.10 Å². The second-order valence-corrected chi connectivity index (χ2v) is 6.80. The normalized spacial score (nSPS) is 12.3. The van der Waals surface area contributed by atoms with Gasteiger partial charge in [0.25, 0.3) is 0 Å². The van der Waals surface area contributed by atoms with Crippen LogP contribution in [0.3, 0.4) is 0 Å². The zero-order valence-corrected chi connectivity index (χ0v) is 14.6. The molecule has 1 aromatic heterocycles. The molecule has 0 aliphatic rings. The van der Waals surface area contributed by atoms with Crippen molar-refractivity contribution in [3.8, 4) is 5.75 Å². The zero-order valence-electron chi connectivity index (χ0n) is 13.8. The molecule has 0 aliphatic carbocycles. The maximum Gasteiger partial charge on any atom is 0.119 e. The number of para-hydroxylation sites is 1. The number of thioether (sulfide) groups is 1. The molecule has 0 bridgehead atoms. The third-order valence-electron chi connectivity index (χ3n) is 3.56. The van der Waals surface area contributed by atoms with Crippen LogP contribution in [0.1, 0.15) is 11.1 Å². The molecule has 24 heavy (non-hydrogen) atoms. The van der Waals surface area contributed by atoms with Crippen LogP contribution < -0.4 is 4.74 Å². The predicted molar refractivity (Wildman–Crippen MR) is 97.7 cm³/mol. The second kappa shape index (κ2) is 7.64. The summed E-state index contributed by atoms with van der Waals surface area (Å²) in [6.45, 7) is 4.33. The van der Waals surface area contributed by atoms with E-state index in [9.17, 15) is 5.11 Å². The van der Waals surface area contributed by atoms with Gasteiger partial charge >= 0.3 is 0 Å². The van der Waals surface area contributed by atoms with Crippen molar-refractivity contribution in [2.45, 2.75) is 25.0 Å². The first-order chi connectivity index (χ1) is 11.6. The molecule has 0 fully saturated rings. The fourth-order valence-electron chi connectivity index (χ4n) is 2.53. The zero-order chi connectivity index (χ0) is 16.9. The lowest BCUT2D eigenvalue weighted by Gasteiger charge is -2.13. The Morgan fingerprint density at radius 1 is 1.08 bits per heavy atom. The number of rotatable bonds is 6. The highest BCUT2D eigenvalue weighted by Gasteiger charge is 2.10. The van der Waals surface area contributed by atoms with E-state index >= 15 is 0 Å². The monoisotopic (exact) mass is 340 g/mol. The Morgan fingerprint density at radius 2 is 1.83 bits per heavy atom. The molecule has 1 atom stereocenters. The maximum absolute atomic E-state index is 10.2. The molecular formula is C19H20N2O2S. The topological polar surface area (TPSA) is 55.2 Å². The van der Waals surface area contributed by atoms with Crippen LogP contribution in [0.2, 0.25) is 0 Å². The standard InChI is InChI=1S/C19H20N2O2S/c1-13-7-14(2)9-16(8-13)23-10-15(22)11-24-19-17-5-3-4-6-18(17)20-12-21-19/h3-9,12,15,22H,10-11H2,1-2H3/t15-/m0/s1. The molecule has 0 spiro atoms. The Morgan fingerprint density at radius 3 is 2.62 bits per heavy atom. The molecule has 0 saturated carbocycles. The first-order valence-electron chi connectivity index (χ1n) is 7.83. The summed E-state index contributed by atoms with van der Waals surface area (Å²) in [5.41, 5.74) is 3.22. The van der Waals surface area contributed by atoms with Crippen LogP contribution in [0.25, 0.3) is 10.9 Å².